The second-order valence-electron chi connectivity index (χ2n) is 7.01. The molecule has 8 heteroatoms. The highest BCUT2D eigenvalue weighted by atomic mass is 32.2. The Morgan fingerprint density at radius 3 is 2.70 bits per heavy atom. The number of carbonyl (C=O) groups excluding carboxylic acids is 1. The number of rotatable bonds is 6. The molecule has 2 saturated heterocycles. The molecular weight excluding hydrogens is 318 g/mol. The zero-order valence-electron chi connectivity index (χ0n) is 14.1. The maximum atomic E-state index is 11.8. The van der Waals surface area contributed by atoms with E-state index in [1.165, 1.54) is 0 Å². The third kappa shape index (κ3) is 6.64. The van der Waals surface area contributed by atoms with Gasteiger partial charge in [0.2, 0.25) is 0 Å². The van der Waals surface area contributed by atoms with E-state index in [0.717, 1.165) is 19.6 Å². The highest BCUT2D eigenvalue weighted by Crippen LogP contribution is 2.17. The van der Waals surface area contributed by atoms with Gasteiger partial charge in [0.1, 0.15) is 0 Å². The van der Waals surface area contributed by atoms with Gasteiger partial charge in [-0.15, -0.1) is 0 Å². The van der Waals surface area contributed by atoms with E-state index in [1.807, 2.05) is 0 Å². The van der Waals surface area contributed by atoms with Crippen LogP contribution in [0.2, 0.25) is 0 Å². The standard InChI is InChI=1S/C15H29N3O4S/c1-12(2)9-18-4-5-22-14(10-18)8-17-15(19)16-7-13-3-6-23(20,21)11-13/h12-14H,3-11H2,1-2H3,(H2,16,17,19). The average Bonchev–Trinajstić information content (AvgIpc) is 2.82. The van der Waals surface area contributed by atoms with Gasteiger partial charge < -0.3 is 15.4 Å². The first-order chi connectivity index (χ1) is 10.8. The normalized spacial score (nSPS) is 28.0. The fraction of sp³-hybridized carbons (Fsp3) is 0.933. The lowest BCUT2D eigenvalue weighted by Gasteiger charge is -2.33. The van der Waals surface area contributed by atoms with Crippen LogP contribution < -0.4 is 10.6 Å². The first-order valence-electron chi connectivity index (χ1n) is 8.40. The van der Waals surface area contributed by atoms with Crippen molar-refractivity contribution in [3.8, 4) is 0 Å². The molecule has 0 aromatic rings. The first-order valence-corrected chi connectivity index (χ1v) is 10.2. The molecule has 2 N–H and O–H groups in total. The van der Waals surface area contributed by atoms with Crippen LogP contribution in [0.1, 0.15) is 20.3 Å². The fourth-order valence-electron chi connectivity index (χ4n) is 3.13. The van der Waals surface area contributed by atoms with Crippen molar-refractivity contribution >= 4 is 15.9 Å². The van der Waals surface area contributed by atoms with Crippen molar-refractivity contribution < 1.29 is 17.9 Å². The van der Waals surface area contributed by atoms with Crippen molar-refractivity contribution in [2.24, 2.45) is 11.8 Å². The van der Waals surface area contributed by atoms with E-state index in [2.05, 4.69) is 29.4 Å². The second-order valence-corrected chi connectivity index (χ2v) is 9.23. The summed E-state index contributed by atoms with van der Waals surface area (Å²) in [6.45, 7) is 8.79. The number of sulfone groups is 1. The summed E-state index contributed by atoms with van der Waals surface area (Å²) in [5.41, 5.74) is 0. The Morgan fingerprint density at radius 1 is 1.30 bits per heavy atom. The third-order valence-electron chi connectivity index (χ3n) is 4.21. The largest absolute Gasteiger partial charge is 0.374 e. The van der Waals surface area contributed by atoms with Gasteiger partial charge in [0, 0.05) is 32.7 Å². The maximum absolute atomic E-state index is 11.8. The summed E-state index contributed by atoms with van der Waals surface area (Å²) < 4.78 is 28.4. The number of hydrogen-bond acceptors (Lipinski definition) is 5. The molecule has 0 aliphatic carbocycles. The number of ether oxygens (including phenoxy) is 1. The molecule has 0 saturated carbocycles. The topological polar surface area (TPSA) is 87.7 Å². The molecule has 0 aromatic carbocycles. The van der Waals surface area contributed by atoms with E-state index in [4.69, 9.17) is 4.74 Å². The minimum absolute atomic E-state index is 0.0140. The zero-order valence-corrected chi connectivity index (χ0v) is 14.9. The number of nitrogens with one attached hydrogen (secondary N) is 2. The van der Waals surface area contributed by atoms with Crippen LogP contribution in [0.5, 0.6) is 0 Å². The van der Waals surface area contributed by atoms with Crippen LogP contribution in [0.15, 0.2) is 0 Å². The molecule has 0 spiro atoms. The van der Waals surface area contributed by atoms with E-state index in [9.17, 15) is 13.2 Å². The quantitative estimate of drug-likeness (QED) is 0.710. The van der Waals surface area contributed by atoms with Gasteiger partial charge in [-0.1, -0.05) is 13.8 Å². The second kappa shape index (κ2) is 8.30. The number of amides is 2. The van der Waals surface area contributed by atoms with E-state index in [0.29, 0.717) is 32.0 Å². The highest BCUT2D eigenvalue weighted by molar-refractivity contribution is 7.91. The summed E-state index contributed by atoms with van der Waals surface area (Å²) in [6, 6.07) is -0.251. The Hall–Kier alpha value is -0.860. The Labute approximate surface area is 139 Å². The van der Waals surface area contributed by atoms with Gasteiger partial charge in [0.25, 0.3) is 0 Å². The van der Waals surface area contributed by atoms with Crippen molar-refractivity contribution in [3.63, 3.8) is 0 Å². The molecule has 2 aliphatic rings. The van der Waals surface area contributed by atoms with Gasteiger partial charge >= 0.3 is 6.03 Å². The van der Waals surface area contributed by atoms with Gasteiger partial charge in [-0.2, -0.15) is 0 Å². The number of carbonyl (C=O) groups is 1. The molecule has 2 heterocycles. The lowest BCUT2D eigenvalue weighted by Crippen LogP contribution is -2.50. The van der Waals surface area contributed by atoms with E-state index < -0.39 is 9.84 Å². The SMILES string of the molecule is CC(C)CN1CCOC(CNC(=O)NCC2CCS(=O)(=O)C2)C1. The van der Waals surface area contributed by atoms with Crippen molar-refractivity contribution in [1.29, 1.82) is 0 Å². The summed E-state index contributed by atoms with van der Waals surface area (Å²) in [7, 11) is -2.89. The Morgan fingerprint density at radius 2 is 2.04 bits per heavy atom. The summed E-state index contributed by atoms with van der Waals surface area (Å²) in [5, 5.41) is 5.58. The molecule has 0 bridgehead atoms. The number of hydrogen-bond donors (Lipinski definition) is 2. The summed E-state index contributed by atoms with van der Waals surface area (Å²) in [6.07, 6.45) is 0.651. The number of nitrogens with zero attached hydrogens (tertiary/aromatic N) is 1. The van der Waals surface area contributed by atoms with Crippen LogP contribution in [-0.4, -0.2) is 76.3 Å². The molecule has 2 unspecified atom stereocenters. The van der Waals surface area contributed by atoms with Crippen LogP contribution in [0.3, 0.4) is 0 Å². The lowest BCUT2D eigenvalue weighted by molar-refractivity contribution is -0.0290. The molecule has 7 nitrogen and oxygen atoms in total. The van der Waals surface area contributed by atoms with Crippen molar-refractivity contribution in [2.45, 2.75) is 26.4 Å². The molecule has 134 valence electrons. The van der Waals surface area contributed by atoms with Crippen LogP contribution in [0.4, 0.5) is 4.79 Å². The maximum Gasteiger partial charge on any atom is 0.314 e. The van der Waals surface area contributed by atoms with Gasteiger partial charge in [0.05, 0.1) is 24.2 Å². The van der Waals surface area contributed by atoms with Crippen molar-refractivity contribution in [2.75, 3.05) is 50.8 Å². The number of morpholine rings is 1. The number of urea groups is 1. The van der Waals surface area contributed by atoms with Gasteiger partial charge in [-0.05, 0) is 18.3 Å². The summed E-state index contributed by atoms with van der Waals surface area (Å²) in [5.74, 6) is 1.08. The van der Waals surface area contributed by atoms with E-state index >= 15 is 0 Å². The highest BCUT2D eigenvalue weighted by Gasteiger charge is 2.28. The van der Waals surface area contributed by atoms with Crippen LogP contribution in [0, 0.1) is 11.8 Å². The predicted molar refractivity (Wildman–Crippen MR) is 89.2 cm³/mol. The zero-order chi connectivity index (χ0) is 16.9. The minimum atomic E-state index is -2.89. The third-order valence-corrected chi connectivity index (χ3v) is 6.05. The average molecular weight is 347 g/mol. The van der Waals surface area contributed by atoms with Gasteiger partial charge in [0.15, 0.2) is 9.84 Å². The summed E-state index contributed by atoms with van der Waals surface area (Å²) >= 11 is 0. The molecule has 2 aliphatic heterocycles. The predicted octanol–water partition coefficient (Wildman–Crippen LogP) is 0.0771. The van der Waals surface area contributed by atoms with Crippen LogP contribution in [0.25, 0.3) is 0 Å². The van der Waals surface area contributed by atoms with Crippen LogP contribution in [-0.2, 0) is 14.6 Å². The Kier molecular flexibility index (Phi) is 6.67. The molecule has 0 aromatic heterocycles. The Balaban J connectivity index is 1.62. The lowest BCUT2D eigenvalue weighted by atomic mass is 10.1. The summed E-state index contributed by atoms with van der Waals surface area (Å²) in [4.78, 5) is 14.2. The molecule has 2 rings (SSSR count). The fourth-order valence-corrected chi connectivity index (χ4v) is 4.99. The Bertz CT molecular complexity index is 495. The molecule has 0 radical (unpaired) electrons. The molecule has 2 atom stereocenters. The molecule has 2 fully saturated rings. The molecule has 2 amide bonds. The van der Waals surface area contributed by atoms with Crippen molar-refractivity contribution in [1.82, 2.24) is 15.5 Å². The van der Waals surface area contributed by atoms with Crippen LogP contribution >= 0.6 is 0 Å². The minimum Gasteiger partial charge on any atom is -0.374 e. The van der Waals surface area contributed by atoms with E-state index in [1.54, 1.807) is 0 Å². The molecular formula is C15H29N3O4S. The smallest absolute Gasteiger partial charge is 0.314 e. The van der Waals surface area contributed by atoms with Crippen molar-refractivity contribution in [3.05, 3.63) is 0 Å². The molecule has 23 heavy (non-hydrogen) atoms. The van der Waals surface area contributed by atoms with Gasteiger partial charge in [-0.3, -0.25) is 4.90 Å². The van der Waals surface area contributed by atoms with E-state index in [-0.39, 0.29) is 29.6 Å². The monoisotopic (exact) mass is 347 g/mol. The first kappa shape index (κ1) is 18.5. The van der Waals surface area contributed by atoms with Gasteiger partial charge in [-0.25, -0.2) is 13.2 Å².